The Morgan fingerprint density at radius 3 is 2.88 bits per heavy atom. The average molecular weight is 230 g/mol. The highest BCUT2D eigenvalue weighted by Gasteiger charge is 2.41. The molecule has 1 aliphatic carbocycles. The second kappa shape index (κ2) is 3.81. The Bertz CT molecular complexity index is 539. The minimum Gasteiger partial charge on any atom is -0.319 e. The maximum absolute atomic E-state index is 4.68. The molecule has 0 radical (unpaired) electrons. The van der Waals surface area contributed by atoms with Gasteiger partial charge in [0.05, 0.1) is 0 Å². The van der Waals surface area contributed by atoms with Crippen LogP contribution >= 0.6 is 0 Å². The molecule has 2 aromatic heterocycles. The van der Waals surface area contributed by atoms with Crippen LogP contribution in [0.1, 0.15) is 30.7 Å². The summed E-state index contributed by atoms with van der Waals surface area (Å²) in [5.41, 5.74) is 2.34. The van der Waals surface area contributed by atoms with Gasteiger partial charge in [0.25, 0.3) is 0 Å². The zero-order valence-electron chi connectivity index (χ0n) is 10.4. The Morgan fingerprint density at radius 2 is 2.24 bits per heavy atom. The molecule has 0 unspecified atom stereocenters. The minimum absolute atomic E-state index is 0.175. The molecule has 0 aromatic carbocycles. The lowest BCUT2D eigenvalue weighted by atomic mass is 9.68. The highest BCUT2D eigenvalue weighted by molar-refractivity contribution is 5.39. The van der Waals surface area contributed by atoms with Crippen LogP contribution in [0.4, 0.5) is 0 Å². The molecular formula is C13H18N4. The summed E-state index contributed by atoms with van der Waals surface area (Å²) in [5, 5.41) is 7.93. The zero-order chi connectivity index (χ0) is 11.9. The van der Waals surface area contributed by atoms with E-state index in [9.17, 15) is 0 Å². The van der Waals surface area contributed by atoms with Gasteiger partial charge in [0.1, 0.15) is 0 Å². The van der Waals surface area contributed by atoms with Crippen LogP contribution < -0.4 is 5.32 Å². The van der Waals surface area contributed by atoms with E-state index in [0.29, 0.717) is 0 Å². The highest BCUT2D eigenvalue weighted by Crippen LogP contribution is 2.41. The first-order valence-corrected chi connectivity index (χ1v) is 6.22. The number of hydrogen-bond donors (Lipinski definition) is 1. The quantitative estimate of drug-likeness (QED) is 0.872. The van der Waals surface area contributed by atoms with E-state index in [1.807, 2.05) is 23.8 Å². The summed E-state index contributed by atoms with van der Waals surface area (Å²) < 4.78 is 1.90. The standard InChI is InChI=1S/C13H18N4/c1-10-4-5-11-15-12(16-17(11)8-10)13(9-14-2)6-3-7-13/h4-5,8,14H,3,6-7,9H2,1-2H3. The van der Waals surface area contributed by atoms with Crippen molar-refractivity contribution in [2.24, 2.45) is 0 Å². The van der Waals surface area contributed by atoms with Crippen molar-refractivity contribution in [1.29, 1.82) is 0 Å². The van der Waals surface area contributed by atoms with E-state index in [-0.39, 0.29) is 5.41 Å². The van der Waals surface area contributed by atoms with Gasteiger partial charge in [-0.3, -0.25) is 0 Å². The maximum Gasteiger partial charge on any atom is 0.159 e. The summed E-state index contributed by atoms with van der Waals surface area (Å²) in [6, 6.07) is 4.12. The van der Waals surface area contributed by atoms with Gasteiger partial charge in [-0.25, -0.2) is 9.50 Å². The Morgan fingerprint density at radius 1 is 1.41 bits per heavy atom. The normalized spacial score (nSPS) is 18.2. The van der Waals surface area contributed by atoms with Crippen LogP contribution in [0.3, 0.4) is 0 Å². The fourth-order valence-corrected chi connectivity index (χ4v) is 2.63. The molecule has 4 nitrogen and oxygen atoms in total. The van der Waals surface area contributed by atoms with Crippen molar-refractivity contribution in [2.45, 2.75) is 31.6 Å². The first kappa shape index (κ1) is 10.7. The van der Waals surface area contributed by atoms with Gasteiger partial charge in [-0.1, -0.05) is 12.5 Å². The molecule has 1 N–H and O–H groups in total. The van der Waals surface area contributed by atoms with E-state index in [1.165, 1.54) is 24.8 Å². The smallest absolute Gasteiger partial charge is 0.159 e. The van der Waals surface area contributed by atoms with Crippen molar-refractivity contribution < 1.29 is 0 Å². The fraction of sp³-hybridized carbons (Fsp3) is 0.538. The summed E-state index contributed by atoms with van der Waals surface area (Å²) in [6.07, 6.45) is 5.72. The van der Waals surface area contributed by atoms with Crippen LogP contribution in [-0.4, -0.2) is 28.2 Å². The van der Waals surface area contributed by atoms with Crippen molar-refractivity contribution in [2.75, 3.05) is 13.6 Å². The fourth-order valence-electron chi connectivity index (χ4n) is 2.63. The first-order valence-electron chi connectivity index (χ1n) is 6.22. The Labute approximate surface area is 101 Å². The highest BCUT2D eigenvalue weighted by atomic mass is 15.3. The third kappa shape index (κ3) is 1.63. The Kier molecular flexibility index (Phi) is 2.40. The number of pyridine rings is 1. The number of hydrogen-bond acceptors (Lipinski definition) is 3. The lowest BCUT2D eigenvalue weighted by Crippen LogP contribution is -2.43. The van der Waals surface area contributed by atoms with Gasteiger partial charge < -0.3 is 5.32 Å². The molecular weight excluding hydrogens is 212 g/mol. The van der Waals surface area contributed by atoms with E-state index in [4.69, 9.17) is 0 Å². The lowest BCUT2D eigenvalue weighted by Gasteiger charge is -2.39. The molecule has 1 saturated carbocycles. The summed E-state index contributed by atoms with van der Waals surface area (Å²) in [7, 11) is 2.00. The zero-order valence-corrected chi connectivity index (χ0v) is 10.4. The molecule has 4 heteroatoms. The predicted octanol–water partition coefficient (Wildman–Crippen LogP) is 1.68. The largest absolute Gasteiger partial charge is 0.319 e. The Balaban J connectivity index is 2.05. The molecule has 0 spiro atoms. The van der Waals surface area contributed by atoms with E-state index in [1.54, 1.807) is 0 Å². The molecule has 1 fully saturated rings. The van der Waals surface area contributed by atoms with Gasteiger partial charge in [-0.05, 0) is 38.4 Å². The van der Waals surface area contributed by atoms with Gasteiger partial charge in [0.15, 0.2) is 11.5 Å². The SMILES string of the molecule is CNCC1(c2nc3ccc(C)cn3n2)CCC1. The Hall–Kier alpha value is -1.42. The number of aryl methyl sites for hydroxylation is 1. The molecule has 0 bridgehead atoms. The maximum atomic E-state index is 4.68. The third-order valence-corrected chi connectivity index (χ3v) is 3.78. The van der Waals surface area contributed by atoms with Crippen molar-refractivity contribution in [3.63, 3.8) is 0 Å². The monoisotopic (exact) mass is 230 g/mol. The first-order chi connectivity index (χ1) is 8.23. The molecule has 90 valence electrons. The van der Waals surface area contributed by atoms with Gasteiger partial charge in [-0.2, -0.15) is 5.10 Å². The summed E-state index contributed by atoms with van der Waals surface area (Å²) in [4.78, 5) is 4.68. The van der Waals surface area contributed by atoms with E-state index in [2.05, 4.69) is 28.4 Å². The van der Waals surface area contributed by atoms with Gasteiger partial charge in [-0.15, -0.1) is 0 Å². The van der Waals surface area contributed by atoms with Gasteiger partial charge >= 0.3 is 0 Å². The number of rotatable bonds is 3. The summed E-state index contributed by atoms with van der Waals surface area (Å²) in [5.74, 6) is 1.00. The number of nitrogens with zero attached hydrogens (tertiary/aromatic N) is 3. The lowest BCUT2D eigenvalue weighted by molar-refractivity contribution is 0.225. The average Bonchev–Trinajstić information content (AvgIpc) is 2.66. The molecule has 0 amide bonds. The van der Waals surface area contributed by atoms with Crippen LogP contribution in [0.5, 0.6) is 0 Å². The predicted molar refractivity (Wildman–Crippen MR) is 67.2 cm³/mol. The minimum atomic E-state index is 0.175. The molecule has 2 aromatic rings. The van der Waals surface area contributed by atoms with Crippen LogP contribution in [0.15, 0.2) is 18.3 Å². The van der Waals surface area contributed by atoms with E-state index >= 15 is 0 Å². The third-order valence-electron chi connectivity index (χ3n) is 3.78. The van der Waals surface area contributed by atoms with Crippen LogP contribution in [-0.2, 0) is 5.41 Å². The van der Waals surface area contributed by atoms with E-state index in [0.717, 1.165) is 18.0 Å². The van der Waals surface area contributed by atoms with Crippen LogP contribution in [0, 0.1) is 6.92 Å². The van der Waals surface area contributed by atoms with Crippen LogP contribution in [0.2, 0.25) is 0 Å². The van der Waals surface area contributed by atoms with E-state index < -0.39 is 0 Å². The second-order valence-corrected chi connectivity index (χ2v) is 5.11. The number of aromatic nitrogens is 3. The van der Waals surface area contributed by atoms with Gasteiger partial charge in [0.2, 0.25) is 0 Å². The molecule has 0 atom stereocenters. The molecule has 0 saturated heterocycles. The van der Waals surface area contributed by atoms with Crippen molar-refractivity contribution >= 4 is 5.65 Å². The number of likely N-dealkylation sites (N-methyl/N-ethyl adjacent to an activating group) is 1. The summed E-state index contributed by atoms with van der Waals surface area (Å²) in [6.45, 7) is 3.05. The molecule has 3 rings (SSSR count). The molecule has 2 heterocycles. The molecule has 17 heavy (non-hydrogen) atoms. The second-order valence-electron chi connectivity index (χ2n) is 5.11. The van der Waals surface area contributed by atoms with Crippen molar-refractivity contribution in [3.8, 4) is 0 Å². The number of nitrogens with one attached hydrogen (secondary N) is 1. The number of fused-ring (bicyclic) bond motifs is 1. The molecule has 0 aliphatic heterocycles. The van der Waals surface area contributed by atoms with Gasteiger partial charge in [0, 0.05) is 18.2 Å². The van der Waals surface area contributed by atoms with Crippen LogP contribution in [0.25, 0.3) is 5.65 Å². The molecule has 1 aliphatic rings. The topological polar surface area (TPSA) is 42.2 Å². The van der Waals surface area contributed by atoms with Crippen molar-refractivity contribution in [3.05, 3.63) is 29.7 Å². The van der Waals surface area contributed by atoms with Crippen molar-refractivity contribution in [1.82, 2.24) is 19.9 Å². The summed E-state index contributed by atoms with van der Waals surface area (Å²) >= 11 is 0.